The molecule has 1 fully saturated rings. The number of aliphatic hydroxyl groups excluding tert-OH is 1. The summed E-state index contributed by atoms with van der Waals surface area (Å²) in [7, 11) is 3.80. The first-order valence-corrected chi connectivity index (χ1v) is 8.81. The van der Waals surface area contributed by atoms with Gasteiger partial charge in [-0.3, -0.25) is 14.6 Å². The molecule has 3 rings (SSSR count). The summed E-state index contributed by atoms with van der Waals surface area (Å²) in [5, 5.41) is 10.9. The summed E-state index contributed by atoms with van der Waals surface area (Å²) < 4.78 is 0. The number of ketones is 1. The zero-order chi connectivity index (χ0) is 19.6. The van der Waals surface area contributed by atoms with Crippen molar-refractivity contribution in [2.24, 2.45) is 0 Å². The highest BCUT2D eigenvalue weighted by atomic mass is 16.3. The maximum absolute atomic E-state index is 12.8. The Hall–Kier alpha value is -2.99. The standard InChI is InChI=1S/C21H23N3O3/c1-14-7-9-15(10-8-14)19(25)17-18(16-6-4-5-11-22-16)24(13-12-23(2)3)21(27)20(17)26/h4-11,18,25H,12-13H2,1-3H3/b19-17+/t18-/m1/s1. The smallest absolute Gasteiger partial charge is 0.295 e. The van der Waals surface area contributed by atoms with Gasteiger partial charge in [0.1, 0.15) is 11.8 Å². The first-order chi connectivity index (χ1) is 12.9. The fourth-order valence-electron chi connectivity index (χ4n) is 3.13. The van der Waals surface area contributed by atoms with Gasteiger partial charge in [-0.2, -0.15) is 0 Å². The van der Waals surface area contributed by atoms with Gasteiger partial charge in [-0.1, -0.05) is 35.9 Å². The van der Waals surface area contributed by atoms with Gasteiger partial charge in [0.05, 0.1) is 11.3 Å². The molecule has 1 amide bonds. The number of rotatable bonds is 5. The van der Waals surface area contributed by atoms with Crippen molar-refractivity contribution in [3.05, 3.63) is 71.1 Å². The molecule has 6 heteroatoms. The molecule has 0 spiro atoms. The second kappa shape index (κ2) is 7.72. The molecule has 2 aromatic rings. The number of aliphatic hydroxyl groups is 1. The summed E-state index contributed by atoms with van der Waals surface area (Å²) in [6.07, 6.45) is 1.62. The molecule has 1 saturated heterocycles. The number of benzene rings is 1. The normalized spacial score (nSPS) is 19.1. The molecule has 1 aliphatic rings. The van der Waals surface area contributed by atoms with Gasteiger partial charge in [-0.05, 0) is 33.2 Å². The van der Waals surface area contributed by atoms with E-state index in [-0.39, 0.29) is 11.3 Å². The van der Waals surface area contributed by atoms with Gasteiger partial charge >= 0.3 is 0 Å². The zero-order valence-electron chi connectivity index (χ0n) is 15.7. The second-order valence-electron chi connectivity index (χ2n) is 6.92. The first-order valence-electron chi connectivity index (χ1n) is 8.81. The lowest BCUT2D eigenvalue weighted by molar-refractivity contribution is -0.140. The van der Waals surface area contributed by atoms with Crippen molar-refractivity contribution < 1.29 is 14.7 Å². The third-order valence-electron chi connectivity index (χ3n) is 4.62. The monoisotopic (exact) mass is 365 g/mol. The fourth-order valence-corrected chi connectivity index (χ4v) is 3.13. The van der Waals surface area contributed by atoms with Crippen LogP contribution < -0.4 is 0 Å². The van der Waals surface area contributed by atoms with Crippen LogP contribution in [0.1, 0.15) is 22.9 Å². The van der Waals surface area contributed by atoms with E-state index < -0.39 is 17.7 Å². The molecule has 1 N–H and O–H groups in total. The predicted molar refractivity (Wildman–Crippen MR) is 103 cm³/mol. The maximum Gasteiger partial charge on any atom is 0.295 e. The van der Waals surface area contributed by atoms with E-state index in [0.717, 1.165) is 5.56 Å². The number of Topliss-reactive ketones (excluding diaryl/α,β-unsaturated/α-hetero) is 1. The molecule has 0 bridgehead atoms. The van der Waals surface area contributed by atoms with E-state index in [1.165, 1.54) is 4.90 Å². The Balaban J connectivity index is 2.12. The lowest BCUT2D eigenvalue weighted by Gasteiger charge is -2.25. The van der Waals surface area contributed by atoms with Crippen LogP contribution >= 0.6 is 0 Å². The molecule has 27 heavy (non-hydrogen) atoms. The fraction of sp³-hybridized carbons (Fsp3) is 0.286. The van der Waals surface area contributed by atoms with Gasteiger partial charge in [0, 0.05) is 24.8 Å². The molecule has 0 saturated carbocycles. The molecule has 1 atom stereocenters. The van der Waals surface area contributed by atoms with E-state index in [1.807, 2.05) is 38.1 Å². The van der Waals surface area contributed by atoms with Crippen LogP contribution in [0.2, 0.25) is 0 Å². The molecule has 1 aliphatic heterocycles. The maximum atomic E-state index is 12.8. The van der Waals surface area contributed by atoms with Crippen molar-refractivity contribution in [1.82, 2.24) is 14.8 Å². The highest BCUT2D eigenvalue weighted by molar-refractivity contribution is 6.46. The minimum Gasteiger partial charge on any atom is -0.507 e. The topological polar surface area (TPSA) is 73.7 Å². The molecule has 6 nitrogen and oxygen atoms in total. The molecule has 0 unspecified atom stereocenters. The Morgan fingerprint density at radius 3 is 2.44 bits per heavy atom. The Morgan fingerprint density at radius 2 is 1.85 bits per heavy atom. The number of carbonyl (C=O) groups is 2. The lowest BCUT2D eigenvalue weighted by Crippen LogP contribution is -2.35. The Kier molecular flexibility index (Phi) is 5.37. The molecule has 140 valence electrons. The molecule has 1 aromatic heterocycles. The van der Waals surface area contributed by atoms with Crippen LogP contribution in [0.15, 0.2) is 54.2 Å². The van der Waals surface area contributed by atoms with Crippen LogP contribution in [0, 0.1) is 6.92 Å². The lowest BCUT2D eigenvalue weighted by atomic mass is 9.98. The van der Waals surface area contributed by atoms with Gasteiger partial charge in [0.25, 0.3) is 11.7 Å². The molecule has 2 heterocycles. The van der Waals surface area contributed by atoms with Crippen LogP contribution in [0.3, 0.4) is 0 Å². The average molecular weight is 365 g/mol. The van der Waals surface area contributed by atoms with E-state index in [4.69, 9.17) is 0 Å². The van der Waals surface area contributed by atoms with Crippen molar-refractivity contribution >= 4 is 17.4 Å². The largest absolute Gasteiger partial charge is 0.507 e. The summed E-state index contributed by atoms with van der Waals surface area (Å²) in [4.78, 5) is 33.2. The highest BCUT2D eigenvalue weighted by Gasteiger charge is 2.46. The number of hydrogen-bond acceptors (Lipinski definition) is 5. The van der Waals surface area contributed by atoms with Crippen molar-refractivity contribution in [3.63, 3.8) is 0 Å². The summed E-state index contributed by atoms with van der Waals surface area (Å²) >= 11 is 0. The molecular weight excluding hydrogens is 342 g/mol. The first kappa shape index (κ1) is 18.8. The number of likely N-dealkylation sites (tertiary alicyclic amines) is 1. The average Bonchev–Trinajstić information content (AvgIpc) is 2.91. The van der Waals surface area contributed by atoms with E-state index >= 15 is 0 Å². The molecule has 0 aliphatic carbocycles. The van der Waals surface area contributed by atoms with E-state index in [2.05, 4.69) is 4.98 Å². The van der Waals surface area contributed by atoms with E-state index in [0.29, 0.717) is 24.3 Å². The minimum absolute atomic E-state index is 0.0845. The van der Waals surface area contributed by atoms with Gasteiger partial charge in [0.2, 0.25) is 0 Å². The minimum atomic E-state index is -0.701. The van der Waals surface area contributed by atoms with E-state index in [1.54, 1.807) is 36.5 Å². The third-order valence-corrected chi connectivity index (χ3v) is 4.62. The van der Waals surface area contributed by atoms with Crippen molar-refractivity contribution in [1.29, 1.82) is 0 Å². The van der Waals surface area contributed by atoms with E-state index in [9.17, 15) is 14.7 Å². The third kappa shape index (κ3) is 3.75. The SMILES string of the molecule is Cc1ccc(/C(O)=C2\C(=O)C(=O)N(CCN(C)C)[C@@H]2c2ccccn2)cc1. The zero-order valence-corrected chi connectivity index (χ0v) is 15.7. The number of amides is 1. The number of aromatic nitrogens is 1. The number of nitrogens with zero attached hydrogens (tertiary/aromatic N) is 3. The Labute approximate surface area is 158 Å². The van der Waals surface area contributed by atoms with Gasteiger partial charge < -0.3 is 14.9 Å². The summed E-state index contributed by atoms with van der Waals surface area (Å²) in [6.45, 7) is 2.91. The van der Waals surface area contributed by atoms with Crippen LogP contribution in [0.25, 0.3) is 5.76 Å². The van der Waals surface area contributed by atoms with Gasteiger partial charge in [-0.25, -0.2) is 0 Å². The highest BCUT2D eigenvalue weighted by Crippen LogP contribution is 2.38. The van der Waals surface area contributed by atoms with Crippen molar-refractivity contribution in [3.8, 4) is 0 Å². The van der Waals surface area contributed by atoms with Gasteiger partial charge in [-0.15, -0.1) is 0 Å². The molecule has 0 radical (unpaired) electrons. The van der Waals surface area contributed by atoms with Crippen LogP contribution in [-0.2, 0) is 9.59 Å². The number of aryl methyl sites for hydroxylation is 1. The van der Waals surface area contributed by atoms with Crippen LogP contribution in [0.5, 0.6) is 0 Å². The second-order valence-corrected chi connectivity index (χ2v) is 6.92. The quantitative estimate of drug-likeness (QED) is 0.500. The van der Waals surface area contributed by atoms with Crippen LogP contribution in [-0.4, -0.2) is 58.8 Å². The number of likely N-dealkylation sites (N-methyl/N-ethyl adjacent to an activating group) is 1. The number of hydrogen-bond donors (Lipinski definition) is 1. The van der Waals surface area contributed by atoms with Crippen molar-refractivity contribution in [2.75, 3.05) is 27.2 Å². The number of carbonyl (C=O) groups excluding carboxylic acids is 2. The van der Waals surface area contributed by atoms with Crippen LogP contribution in [0.4, 0.5) is 0 Å². The van der Waals surface area contributed by atoms with Gasteiger partial charge in [0.15, 0.2) is 0 Å². The summed E-state index contributed by atoms with van der Waals surface area (Å²) in [5.41, 5.74) is 2.19. The Bertz CT molecular complexity index is 873. The Morgan fingerprint density at radius 1 is 1.15 bits per heavy atom. The molecular formula is C21H23N3O3. The summed E-state index contributed by atoms with van der Waals surface area (Å²) in [6, 6.07) is 11.8. The predicted octanol–water partition coefficient (Wildman–Crippen LogP) is 2.37. The van der Waals surface area contributed by atoms with Crippen molar-refractivity contribution in [2.45, 2.75) is 13.0 Å². The number of pyridine rings is 1. The molecule has 1 aromatic carbocycles. The summed E-state index contributed by atoms with van der Waals surface area (Å²) in [5.74, 6) is -1.46.